The van der Waals surface area contributed by atoms with Crippen LogP contribution in [0.2, 0.25) is 0 Å². The normalized spacial score (nSPS) is 22.0. The maximum Gasteiger partial charge on any atom is 0.231 e. The third kappa shape index (κ3) is 4.70. The first-order valence-corrected chi connectivity index (χ1v) is 10.9. The zero-order valence-corrected chi connectivity index (χ0v) is 17.2. The topological polar surface area (TPSA) is 100 Å². The minimum absolute atomic E-state index is 0.0883. The van der Waals surface area contributed by atoms with Crippen LogP contribution in [0.4, 0.5) is 0 Å². The van der Waals surface area contributed by atoms with Gasteiger partial charge in [-0.1, -0.05) is 25.8 Å². The monoisotopic (exact) mass is 400 g/mol. The van der Waals surface area contributed by atoms with Crippen LogP contribution >= 0.6 is 0 Å². The molecule has 1 fully saturated rings. The molecule has 2 aromatic rings. The summed E-state index contributed by atoms with van der Waals surface area (Å²) in [5.41, 5.74) is 7.02. The summed E-state index contributed by atoms with van der Waals surface area (Å²) < 4.78 is 13.0. The average Bonchev–Trinajstić information content (AvgIpc) is 3.41. The van der Waals surface area contributed by atoms with Crippen LogP contribution in [-0.2, 0) is 6.54 Å². The van der Waals surface area contributed by atoms with E-state index in [2.05, 4.69) is 33.8 Å². The minimum atomic E-state index is -0.0883. The highest BCUT2D eigenvalue weighted by Gasteiger charge is 2.26. The van der Waals surface area contributed by atoms with E-state index < -0.39 is 0 Å². The number of nitrogens with two attached hydrogens (primary N) is 1. The highest BCUT2D eigenvalue weighted by Crippen LogP contribution is 2.36. The van der Waals surface area contributed by atoms with Crippen molar-refractivity contribution >= 4 is 0 Å². The molecule has 1 aliphatic heterocycles. The third-order valence-electron chi connectivity index (χ3n) is 6.11. The van der Waals surface area contributed by atoms with E-state index in [0.29, 0.717) is 11.8 Å². The Kier molecular flexibility index (Phi) is 6.61. The van der Waals surface area contributed by atoms with Crippen molar-refractivity contribution in [3.8, 4) is 11.5 Å². The molecule has 8 heteroatoms. The van der Waals surface area contributed by atoms with E-state index in [9.17, 15) is 0 Å². The lowest BCUT2D eigenvalue weighted by atomic mass is 9.81. The Bertz CT molecular complexity index is 795. The number of tetrazole rings is 1. The molecule has 0 saturated heterocycles. The number of nitrogens with zero attached hydrogens (tertiary/aromatic N) is 4. The van der Waals surface area contributed by atoms with Gasteiger partial charge in [0.05, 0.1) is 6.04 Å². The SMILES string of the molecule is CCCCn1nnnc1C(NCC1CCCC(CN)C1)c1ccc2c(c1)OCO2. The molecule has 1 aromatic carbocycles. The molecule has 1 aliphatic carbocycles. The Balaban J connectivity index is 1.55. The third-order valence-corrected chi connectivity index (χ3v) is 6.11. The molecule has 158 valence electrons. The standard InChI is InChI=1S/C21H32N6O2/c1-2-3-9-27-21(24-25-26-27)20(17-7-8-18-19(11-17)29-14-28-18)23-13-16-6-4-5-15(10-16)12-22/h7-8,11,15-16,20,23H,2-6,9-10,12-14,22H2,1H3. The van der Waals surface area contributed by atoms with Crippen molar-refractivity contribution in [2.24, 2.45) is 17.6 Å². The molecule has 4 rings (SSSR count). The minimum Gasteiger partial charge on any atom is -0.454 e. The highest BCUT2D eigenvalue weighted by molar-refractivity contribution is 5.46. The van der Waals surface area contributed by atoms with Gasteiger partial charge >= 0.3 is 0 Å². The smallest absolute Gasteiger partial charge is 0.231 e. The van der Waals surface area contributed by atoms with Crippen LogP contribution in [-0.4, -0.2) is 40.1 Å². The summed E-state index contributed by atoms with van der Waals surface area (Å²) in [6.07, 6.45) is 7.11. The van der Waals surface area contributed by atoms with E-state index in [-0.39, 0.29) is 12.8 Å². The molecule has 0 bridgehead atoms. The van der Waals surface area contributed by atoms with Gasteiger partial charge in [0.15, 0.2) is 17.3 Å². The number of ether oxygens (including phenoxy) is 2. The van der Waals surface area contributed by atoms with Crippen molar-refractivity contribution in [3.05, 3.63) is 29.6 Å². The molecule has 3 unspecified atom stereocenters. The second kappa shape index (κ2) is 9.54. The zero-order valence-electron chi connectivity index (χ0n) is 17.2. The van der Waals surface area contributed by atoms with Gasteiger partial charge in [-0.3, -0.25) is 0 Å². The van der Waals surface area contributed by atoms with E-state index in [0.717, 1.165) is 55.4 Å². The molecular formula is C21H32N6O2. The maximum atomic E-state index is 5.93. The Morgan fingerprint density at radius 2 is 2.10 bits per heavy atom. The maximum absolute atomic E-state index is 5.93. The predicted octanol–water partition coefficient (Wildman–Crippen LogP) is 2.65. The summed E-state index contributed by atoms with van der Waals surface area (Å²) in [6, 6.07) is 6.00. The van der Waals surface area contributed by atoms with Gasteiger partial charge in [-0.05, 0) is 78.7 Å². The molecule has 3 atom stereocenters. The second-order valence-corrected chi connectivity index (χ2v) is 8.20. The summed E-state index contributed by atoms with van der Waals surface area (Å²) in [5.74, 6) is 3.70. The number of hydrogen-bond acceptors (Lipinski definition) is 7. The number of benzene rings is 1. The summed E-state index contributed by atoms with van der Waals surface area (Å²) in [5, 5.41) is 16.3. The van der Waals surface area contributed by atoms with Gasteiger partial charge in [-0.15, -0.1) is 5.10 Å². The van der Waals surface area contributed by atoms with Gasteiger partial charge in [-0.25, -0.2) is 4.68 Å². The fourth-order valence-electron chi connectivity index (χ4n) is 4.42. The van der Waals surface area contributed by atoms with Crippen LogP contribution in [0.1, 0.15) is 62.9 Å². The molecule has 2 aliphatic rings. The number of nitrogens with one attached hydrogen (secondary N) is 1. The van der Waals surface area contributed by atoms with E-state index in [4.69, 9.17) is 15.2 Å². The van der Waals surface area contributed by atoms with Crippen LogP contribution in [0, 0.1) is 11.8 Å². The Labute approximate surface area is 172 Å². The number of rotatable bonds is 9. The first-order chi connectivity index (χ1) is 14.3. The van der Waals surface area contributed by atoms with Gasteiger partial charge in [0.2, 0.25) is 6.79 Å². The summed E-state index contributed by atoms with van der Waals surface area (Å²) in [4.78, 5) is 0. The highest BCUT2D eigenvalue weighted by atomic mass is 16.7. The van der Waals surface area contributed by atoms with Gasteiger partial charge < -0.3 is 20.5 Å². The molecule has 8 nitrogen and oxygen atoms in total. The molecule has 29 heavy (non-hydrogen) atoms. The molecule has 1 aromatic heterocycles. The lowest BCUT2D eigenvalue weighted by Gasteiger charge is -2.30. The fraction of sp³-hybridized carbons (Fsp3) is 0.667. The number of fused-ring (bicyclic) bond motifs is 1. The number of aryl methyl sites for hydroxylation is 1. The Morgan fingerprint density at radius 3 is 2.97 bits per heavy atom. The second-order valence-electron chi connectivity index (χ2n) is 8.20. The summed E-state index contributed by atoms with van der Waals surface area (Å²) in [6.45, 7) is 4.98. The first-order valence-electron chi connectivity index (χ1n) is 10.9. The van der Waals surface area contributed by atoms with Crippen LogP contribution in [0.3, 0.4) is 0 Å². The van der Waals surface area contributed by atoms with E-state index >= 15 is 0 Å². The number of aromatic nitrogens is 4. The number of unbranched alkanes of at least 4 members (excludes halogenated alkanes) is 1. The molecular weight excluding hydrogens is 368 g/mol. The van der Waals surface area contributed by atoms with Crippen molar-refractivity contribution in [2.75, 3.05) is 19.9 Å². The molecule has 0 spiro atoms. The molecule has 3 N–H and O–H groups in total. The first kappa shape index (κ1) is 20.1. The van der Waals surface area contributed by atoms with Crippen molar-refractivity contribution in [3.63, 3.8) is 0 Å². The van der Waals surface area contributed by atoms with Crippen molar-refractivity contribution in [1.29, 1.82) is 0 Å². The predicted molar refractivity (Wildman–Crippen MR) is 110 cm³/mol. The van der Waals surface area contributed by atoms with E-state index in [1.807, 2.05) is 16.8 Å². The van der Waals surface area contributed by atoms with Gasteiger partial charge in [0, 0.05) is 6.54 Å². The average molecular weight is 401 g/mol. The van der Waals surface area contributed by atoms with Crippen LogP contribution in [0.5, 0.6) is 11.5 Å². The molecule has 0 radical (unpaired) electrons. The molecule has 1 saturated carbocycles. The Hall–Kier alpha value is -2.19. The van der Waals surface area contributed by atoms with Gasteiger partial charge in [0.25, 0.3) is 0 Å². The Morgan fingerprint density at radius 1 is 1.24 bits per heavy atom. The van der Waals surface area contributed by atoms with E-state index in [1.165, 1.54) is 25.7 Å². The van der Waals surface area contributed by atoms with Gasteiger partial charge in [0.1, 0.15) is 0 Å². The van der Waals surface area contributed by atoms with Crippen LogP contribution in [0.15, 0.2) is 18.2 Å². The molecule has 0 amide bonds. The van der Waals surface area contributed by atoms with Crippen molar-refractivity contribution in [2.45, 2.75) is 58.0 Å². The van der Waals surface area contributed by atoms with Crippen molar-refractivity contribution < 1.29 is 9.47 Å². The van der Waals surface area contributed by atoms with E-state index in [1.54, 1.807) is 0 Å². The number of hydrogen-bond donors (Lipinski definition) is 2. The molecule has 2 heterocycles. The lowest BCUT2D eigenvalue weighted by Crippen LogP contribution is -2.33. The fourth-order valence-corrected chi connectivity index (χ4v) is 4.42. The summed E-state index contributed by atoms with van der Waals surface area (Å²) >= 11 is 0. The van der Waals surface area contributed by atoms with Crippen molar-refractivity contribution in [1.82, 2.24) is 25.5 Å². The zero-order chi connectivity index (χ0) is 20.1. The summed E-state index contributed by atoms with van der Waals surface area (Å²) in [7, 11) is 0. The quantitative estimate of drug-likeness (QED) is 0.667. The van der Waals surface area contributed by atoms with Crippen LogP contribution < -0.4 is 20.5 Å². The lowest BCUT2D eigenvalue weighted by molar-refractivity contribution is 0.174. The van der Waals surface area contributed by atoms with Crippen LogP contribution in [0.25, 0.3) is 0 Å². The largest absolute Gasteiger partial charge is 0.454 e. The van der Waals surface area contributed by atoms with Gasteiger partial charge in [-0.2, -0.15) is 0 Å².